The van der Waals surface area contributed by atoms with E-state index in [1.807, 2.05) is 36.4 Å². The van der Waals surface area contributed by atoms with Crippen molar-refractivity contribution in [3.63, 3.8) is 0 Å². The number of ether oxygens (including phenoxy) is 3. The van der Waals surface area contributed by atoms with E-state index < -0.39 is 0 Å². The molecule has 0 aliphatic carbocycles. The van der Waals surface area contributed by atoms with Gasteiger partial charge in [0.1, 0.15) is 13.1 Å². The Kier molecular flexibility index (Phi) is 5.92. The van der Waals surface area contributed by atoms with Gasteiger partial charge in [0.25, 0.3) is 0 Å². The number of hydrogen-bond acceptors (Lipinski definition) is 3. The van der Waals surface area contributed by atoms with Crippen molar-refractivity contribution in [1.29, 1.82) is 0 Å². The first-order valence-electron chi connectivity index (χ1n) is 7.03. The van der Waals surface area contributed by atoms with E-state index in [1.54, 1.807) is 21.3 Å². The molecule has 0 amide bonds. The maximum atomic E-state index is 5.89. The van der Waals surface area contributed by atoms with Gasteiger partial charge in [0.2, 0.25) is 5.75 Å². The molecule has 2 aromatic rings. The number of hydrogen-bond donors (Lipinski definition) is 1. The SMILES string of the molecule is COc1cc(C[NH2+]Cc2ccc(Cl)cc2)cc(OC)c1OC. The molecule has 0 heterocycles. The van der Waals surface area contributed by atoms with Crippen molar-refractivity contribution in [2.75, 3.05) is 21.3 Å². The van der Waals surface area contributed by atoms with Crippen LogP contribution < -0.4 is 19.5 Å². The molecule has 0 radical (unpaired) electrons. The second-order valence-corrected chi connectivity index (χ2v) is 5.29. The molecule has 0 saturated carbocycles. The molecule has 5 heteroatoms. The topological polar surface area (TPSA) is 44.3 Å². The van der Waals surface area contributed by atoms with Crippen LogP contribution in [0.3, 0.4) is 0 Å². The van der Waals surface area contributed by atoms with E-state index in [-0.39, 0.29) is 0 Å². The van der Waals surface area contributed by atoms with Crippen LogP contribution in [0.15, 0.2) is 36.4 Å². The molecule has 0 aromatic heterocycles. The van der Waals surface area contributed by atoms with Gasteiger partial charge in [-0.1, -0.05) is 23.7 Å². The van der Waals surface area contributed by atoms with Crippen molar-refractivity contribution in [3.05, 3.63) is 52.5 Å². The van der Waals surface area contributed by atoms with E-state index in [0.717, 1.165) is 23.7 Å². The summed E-state index contributed by atoms with van der Waals surface area (Å²) in [5, 5.41) is 2.97. The first kappa shape index (κ1) is 16.5. The molecule has 0 spiro atoms. The molecule has 118 valence electrons. The predicted octanol–water partition coefficient (Wildman–Crippen LogP) is 2.63. The minimum Gasteiger partial charge on any atom is -0.493 e. The standard InChI is InChI=1S/C17H20ClNO3/c1-20-15-8-13(9-16(21-2)17(15)22-3)11-19-10-12-4-6-14(18)7-5-12/h4-9,19H,10-11H2,1-3H3/p+1. The van der Waals surface area contributed by atoms with Crippen LogP contribution >= 0.6 is 11.6 Å². The summed E-state index contributed by atoms with van der Waals surface area (Å²) in [5.74, 6) is 1.97. The Hall–Kier alpha value is -1.91. The largest absolute Gasteiger partial charge is 0.493 e. The van der Waals surface area contributed by atoms with E-state index in [9.17, 15) is 0 Å². The molecule has 0 fully saturated rings. The smallest absolute Gasteiger partial charge is 0.203 e. The summed E-state index contributed by atoms with van der Waals surface area (Å²) in [6.45, 7) is 1.70. The lowest BCUT2D eigenvalue weighted by molar-refractivity contribution is -0.686. The zero-order chi connectivity index (χ0) is 15.9. The minimum absolute atomic E-state index is 0.617. The van der Waals surface area contributed by atoms with Crippen LogP contribution in [0.2, 0.25) is 5.02 Å². The number of nitrogens with two attached hydrogens (primary N) is 1. The van der Waals surface area contributed by atoms with Gasteiger partial charge in [0, 0.05) is 16.1 Å². The third kappa shape index (κ3) is 4.06. The zero-order valence-corrected chi connectivity index (χ0v) is 13.8. The fourth-order valence-corrected chi connectivity index (χ4v) is 2.41. The maximum Gasteiger partial charge on any atom is 0.203 e. The third-order valence-electron chi connectivity index (χ3n) is 3.40. The first-order valence-corrected chi connectivity index (χ1v) is 7.40. The normalized spacial score (nSPS) is 10.4. The summed E-state index contributed by atoms with van der Waals surface area (Å²) >= 11 is 5.89. The Labute approximate surface area is 136 Å². The van der Waals surface area contributed by atoms with Gasteiger partial charge < -0.3 is 19.5 Å². The van der Waals surface area contributed by atoms with E-state index in [2.05, 4.69) is 5.32 Å². The molecule has 0 atom stereocenters. The molecule has 0 unspecified atom stereocenters. The van der Waals surface area contributed by atoms with Gasteiger partial charge in [0.05, 0.1) is 21.3 Å². The zero-order valence-electron chi connectivity index (χ0n) is 13.1. The highest BCUT2D eigenvalue weighted by Crippen LogP contribution is 2.37. The number of quaternary nitrogens is 1. The number of rotatable bonds is 7. The number of halogens is 1. The van der Waals surface area contributed by atoms with Crippen molar-refractivity contribution >= 4 is 11.6 Å². The molecular formula is C17H21ClNO3+. The third-order valence-corrected chi connectivity index (χ3v) is 3.65. The van der Waals surface area contributed by atoms with Crippen LogP contribution in [0.4, 0.5) is 0 Å². The second-order valence-electron chi connectivity index (χ2n) is 4.86. The van der Waals surface area contributed by atoms with Crippen LogP contribution in [-0.4, -0.2) is 21.3 Å². The van der Waals surface area contributed by atoms with Crippen LogP contribution in [-0.2, 0) is 13.1 Å². The average molecular weight is 323 g/mol. The van der Waals surface area contributed by atoms with Gasteiger partial charge >= 0.3 is 0 Å². The van der Waals surface area contributed by atoms with Gasteiger partial charge in [-0.25, -0.2) is 0 Å². The van der Waals surface area contributed by atoms with E-state index in [1.165, 1.54) is 5.56 Å². The summed E-state index contributed by atoms with van der Waals surface area (Å²) in [5.41, 5.74) is 2.35. The van der Waals surface area contributed by atoms with Gasteiger partial charge in [-0.15, -0.1) is 0 Å². The van der Waals surface area contributed by atoms with E-state index in [0.29, 0.717) is 17.2 Å². The van der Waals surface area contributed by atoms with Crippen molar-refractivity contribution in [2.45, 2.75) is 13.1 Å². The van der Waals surface area contributed by atoms with Gasteiger partial charge in [-0.05, 0) is 24.3 Å². The van der Waals surface area contributed by atoms with Crippen molar-refractivity contribution < 1.29 is 19.5 Å². The summed E-state index contributed by atoms with van der Waals surface area (Å²) in [4.78, 5) is 0. The van der Waals surface area contributed by atoms with Crippen LogP contribution in [0.5, 0.6) is 17.2 Å². The van der Waals surface area contributed by atoms with Gasteiger partial charge in [-0.2, -0.15) is 0 Å². The Bertz CT molecular complexity index is 589. The number of methoxy groups -OCH3 is 3. The van der Waals surface area contributed by atoms with E-state index >= 15 is 0 Å². The van der Waals surface area contributed by atoms with E-state index in [4.69, 9.17) is 25.8 Å². The Morgan fingerprint density at radius 2 is 1.36 bits per heavy atom. The predicted molar refractivity (Wildman–Crippen MR) is 86.9 cm³/mol. The highest BCUT2D eigenvalue weighted by atomic mass is 35.5. The lowest BCUT2D eigenvalue weighted by Gasteiger charge is -2.13. The molecule has 2 rings (SSSR count). The Balaban J connectivity index is 2.04. The van der Waals surface area contributed by atoms with Crippen molar-refractivity contribution in [1.82, 2.24) is 0 Å². The summed E-state index contributed by atoms with van der Waals surface area (Å²) in [6, 6.07) is 11.8. The average Bonchev–Trinajstić information content (AvgIpc) is 2.55. The van der Waals surface area contributed by atoms with Crippen molar-refractivity contribution in [3.8, 4) is 17.2 Å². The number of benzene rings is 2. The molecule has 2 aromatic carbocycles. The summed E-state index contributed by atoms with van der Waals surface area (Å²) < 4.78 is 16.1. The quantitative estimate of drug-likeness (QED) is 0.852. The summed E-state index contributed by atoms with van der Waals surface area (Å²) in [6.07, 6.45) is 0. The Morgan fingerprint density at radius 1 is 0.818 bits per heavy atom. The monoisotopic (exact) mass is 322 g/mol. The fourth-order valence-electron chi connectivity index (χ4n) is 2.28. The lowest BCUT2D eigenvalue weighted by atomic mass is 10.1. The van der Waals surface area contributed by atoms with Crippen molar-refractivity contribution in [2.24, 2.45) is 0 Å². The van der Waals surface area contributed by atoms with Gasteiger partial charge in [0.15, 0.2) is 11.5 Å². The first-order chi connectivity index (χ1) is 10.7. The Morgan fingerprint density at radius 3 is 1.86 bits per heavy atom. The molecule has 0 saturated heterocycles. The molecule has 22 heavy (non-hydrogen) atoms. The molecule has 0 bridgehead atoms. The van der Waals surface area contributed by atoms with Crippen LogP contribution in [0.25, 0.3) is 0 Å². The molecule has 0 aliphatic rings. The highest BCUT2D eigenvalue weighted by Gasteiger charge is 2.13. The molecular weight excluding hydrogens is 302 g/mol. The van der Waals surface area contributed by atoms with Crippen LogP contribution in [0, 0.1) is 0 Å². The highest BCUT2D eigenvalue weighted by molar-refractivity contribution is 6.30. The molecule has 2 N–H and O–H groups in total. The minimum atomic E-state index is 0.617. The van der Waals surface area contributed by atoms with Crippen LogP contribution in [0.1, 0.15) is 11.1 Å². The summed E-state index contributed by atoms with van der Waals surface area (Å²) in [7, 11) is 4.85. The molecule has 0 aliphatic heterocycles. The second kappa shape index (κ2) is 7.92. The van der Waals surface area contributed by atoms with Gasteiger partial charge in [-0.3, -0.25) is 0 Å². The fraction of sp³-hybridized carbons (Fsp3) is 0.294. The molecule has 4 nitrogen and oxygen atoms in total. The maximum absolute atomic E-state index is 5.89. The lowest BCUT2D eigenvalue weighted by Crippen LogP contribution is -2.80.